The second-order valence-electron chi connectivity index (χ2n) is 4.94. The van der Waals surface area contributed by atoms with Crippen molar-refractivity contribution in [3.63, 3.8) is 0 Å². The number of aryl methyl sites for hydroxylation is 1. The van der Waals surface area contributed by atoms with E-state index in [4.69, 9.17) is 0 Å². The van der Waals surface area contributed by atoms with Gasteiger partial charge in [0.25, 0.3) is 5.91 Å². The lowest BCUT2D eigenvalue weighted by Gasteiger charge is -2.16. The van der Waals surface area contributed by atoms with Crippen LogP contribution >= 0.6 is 0 Å². The van der Waals surface area contributed by atoms with Crippen molar-refractivity contribution in [3.05, 3.63) is 23.3 Å². The summed E-state index contributed by atoms with van der Waals surface area (Å²) in [7, 11) is -0.983. The van der Waals surface area contributed by atoms with E-state index in [0.29, 0.717) is 11.8 Å². The zero-order chi connectivity index (χ0) is 17.8. The summed E-state index contributed by atoms with van der Waals surface area (Å²) < 4.78 is 30.1. The molecule has 0 unspecified atom stereocenters. The number of nitrogens with one attached hydrogen (secondary N) is 1. The minimum absolute atomic E-state index is 0.0307. The minimum Gasteiger partial charge on any atom is -0.456 e. The van der Waals surface area contributed by atoms with Gasteiger partial charge in [-0.25, -0.2) is 12.7 Å². The highest BCUT2D eigenvalue weighted by atomic mass is 32.2. The number of carbonyl (C=O) groups is 3. The fourth-order valence-corrected chi connectivity index (χ4v) is 2.87. The summed E-state index contributed by atoms with van der Waals surface area (Å²) >= 11 is 0. The molecule has 0 aliphatic heterocycles. The Hall–Kier alpha value is -2.26. The van der Waals surface area contributed by atoms with Gasteiger partial charge < -0.3 is 10.1 Å². The molecule has 126 valence electrons. The maximum absolute atomic E-state index is 12.3. The van der Waals surface area contributed by atoms with Gasteiger partial charge in [0.05, 0.1) is 10.6 Å². The number of esters is 1. The average molecular weight is 342 g/mol. The number of anilines is 1. The quantitative estimate of drug-likeness (QED) is 0.597. The van der Waals surface area contributed by atoms with Crippen LogP contribution in [-0.4, -0.2) is 51.6 Å². The van der Waals surface area contributed by atoms with Gasteiger partial charge in [-0.3, -0.25) is 14.4 Å². The largest absolute Gasteiger partial charge is 0.456 e. The van der Waals surface area contributed by atoms with E-state index in [9.17, 15) is 22.8 Å². The summed E-state index contributed by atoms with van der Waals surface area (Å²) in [5, 5.41) is 2.37. The Morgan fingerprint density at radius 3 is 2.39 bits per heavy atom. The van der Waals surface area contributed by atoms with Crippen molar-refractivity contribution in [2.45, 2.75) is 18.7 Å². The molecule has 0 saturated heterocycles. The topological polar surface area (TPSA) is 110 Å². The van der Waals surface area contributed by atoms with Crippen molar-refractivity contribution >= 4 is 33.9 Å². The van der Waals surface area contributed by atoms with Gasteiger partial charge in [0.15, 0.2) is 12.9 Å². The maximum atomic E-state index is 12.3. The molecule has 0 aromatic heterocycles. The molecule has 0 spiro atoms. The van der Waals surface area contributed by atoms with Crippen LogP contribution in [0.5, 0.6) is 0 Å². The van der Waals surface area contributed by atoms with Crippen molar-refractivity contribution in [1.29, 1.82) is 0 Å². The van der Waals surface area contributed by atoms with Gasteiger partial charge in [0.1, 0.15) is 0 Å². The Morgan fingerprint density at radius 2 is 1.91 bits per heavy atom. The van der Waals surface area contributed by atoms with Crippen LogP contribution < -0.4 is 5.32 Å². The van der Waals surface area contributed by atoms with E-state index in [0.717, 1.165) is 11.2 Å². The Kier molecular flexibility index (Phi) is 5.99. The highest BCUT2D eigenvalue weighted by Crippen LogP contribution is 2.25. The molecule has 9 heteroatoms. The third-order valence-corrected chi connectivity index (χ3v) is 4.87. The summed E-state index contributed by atoms with van der Waals surface area (Å²) in [4.78, 5) is 33.5. The van der Waals surface area contributed by atoms with E-state index >= 15 is 0 Å². The molecular formula is C14H18N2O6S. The first-order chi connectivity index (χ1) is 10.6. The molecule has 0 saturated carbocycles. The lowest BCUT2D eigenvalue weighted by molar-refractivity contribution is -0.144. The van der Waals surface area contributed by atoms with Crippen molar-refractivity contribution in [2.24, 2.45) is 0 Å². The van der Waals surface area contributed by atoms with E-state index in [1.165, 1.54) is 26.2 Å². The van der Waals surface area contributed by atoms with Crippen LogP contribution in [0, 0.1) is 6.92 Å². The van der Waals surface area contributed by atoms with Gasteiger partial charge in [0.2, 0.25) is 10.0 Å². The van der Waals surface area contributed by atoms with E-state index < -0.39 is 28.5 Å². The molecule has 0 bridgehead atoms. The number of hydrogen-bond donors (Lipinski definition) is 1. The number of hydrogen-bond acceptors (Lipinski definition) is 6. The lowest BCUT2D eigenvalue weighted by Crippen LogP contribution is -2.24. The van der Waals surface area contributed by atoms with Crippen LogP contribution in [0.1, 0.15) is 22.8 Å². The van der Waals surface area contributed by atoms with Crippen LogP contribution in [-0.2, 0) is 24.3 Å². The Morgan fingerprint density at radius 1 is 1.30 bits per heavy atom. The first-order valence-corrected chi connectivity index (χ1v) is 7.99. The predicted molar refractivity (Wildman–Crippen MR) is 82.7 cm³/mol. The maximum Gasteiger partial charge on any atom is 0.303 e. The van der Waals surface area contributed by atoms with Crippen LogP contribution in [0.2, 0.25) is 0 Å². The molecule has 0 radical (unpaired) electrons. The zero-order valence-corrected chi connectivity index (χ0v) is 14.1. The SMILES string of the molecule is CC(=O)OCC(=O)Nc1cc(S(=O)(=O)N(C)C)c(C)cc1C=O. The summed E-state index contributed by atoms with van der Waals surface area (Å²) in [5.74, 6) is -1.31. The molecule has 1 aromatic carbocycles. The van der Waals surface area contributed by atoms with Crippen LogP contribution in [0.3, 0.4) is 0 Å². The highest BCUT2D eigenvalue weighted by Gasteiger charge is 2.22. The molecule has 0 aliphatic rings. The third-order valence-electron chi connectivity index (χ3n) is 2.91. The van der Waals surface area contributed by atoms with E-state index in [-0.39, 0.29) is 16.1 Å². The van der Waals surface area contributed by atoms with Crippen molar-refractivity contribution in [2.75, 3.05) is 26.0 Å². The Labute approximate surface area is 134 Å². The zero-order valence-electron chi connectivity index (χ0n) is 13.2. The molecule has 23 heavy (non-hydrogen) atoms. The Bertz CT molecular complexity index is 740. The van der Waals surface area contributed by atoms with E-state index in [1.54, 1.807) is 6.92 Å². The van der Waals surface area contributed by atoms with E-state index in [1.807, 2.05) is 0 Å². The number of aldehydes is 1. The first-order valence-electron chi connectivity index (χ1n) is 6.55. The number of ether oxygens (including phenoxy) is 1. The van der Waals surface area contributed by atoms with Gasteiger partial charge >= 0.3 is 5.97 Å². The summed E-state index contributed by atoms with van der Waals surface area (Å²) in [6.07, 6.45) is 0.500. The van der Waals surface area contributed by atoms with Gasteiger partial charge in [-0.2, -0.15) is 0 Å². The molecule has 0 fully saturated rings. The number of nitrogens with zero attached hydrogens (tertiary/aromatic N) is 1. The number of carbonyl (C=O) groups excluding carboxylic acids is 3. The van der Waals surface area contributed by atoms with E-state index in [2.05, 4.69) is 10.1 Å². The van der Waals surface area contributed by atoms with Crippen LogP contribution in [0.4, 0.5) is 5.69 Å². The molecule has 8 nitrogen and oxygen atoms in total. The Balaban J connectivity index is 3.24. The van der Waals surface area contributed by atoms with Gasteiger partial charge in [-0.15, -0.1) is 0 Å². The van der Waals surface area contributed by atoms with Gasteiger partial charge in [-0.1, -0.05) is 0 Å². The third kappa shape index (κ3) is 4.60. The number of sulfonamides is 1. The molecule has 1 amide bonds. The van der Waals surface area contributed by atoms with Crippen LogP contribution in [0.15, 0.2) is 17.0 Å². The minimum atomic E-state index is -3.74. The fourth-order valence-electron chi connectivity index (χ4n) is 1.74. The smallest absolute Gasteiger partial charge is 0.303 e. The summed E-state index contributed by atoms with van der Waals surface area (Å²) in [6, 6.07) is 2.57. The molecule has 1 N–H and O–H groups in total. The number of benzene rings is 1. The van der Waals surface area contributed by atoms with Gasteiger partial charge in [-0.05, 0) is 24.6 Å². The lowest BCUT2D eigenvalue weighted by atomic mass is 10.1. The molecular weight excluding hydrogens is 324 g/mol. The predicted octanol–water partition coefficient (Wildman–Crippen LogP) is 0.559. The van der Waals surface area contributed by atoms with Gasteiger partial charge in [0, 0.05) is 26.6 Å². The van der Waals surface area contributed by atoms with Crippen LogP contribution in [0.25, 0.3) is 0 Å². The number of amides is 1. The summed E-state index contributed by atoms with van der Waals surface area (Å²) in [6.45, 7) is 2.17. The normalized spacial score (nSPS) is 11.2. The first kappa shape index (κ1) is 18.8. The number of rotatable bonds is 6. The molecule has 1 rings (SSSR count). The second-order valence-corrected chi connectivity index (χ2v) is 7.06. The fraction of sp³-hybridized carbons (Fsp3) is 0.357. The molecule has 0 heterocycles. The second kappa shape index (κ2) is 7.34. The van der Waals surface area contributed by atoms with Crippen molar-refractivity contribution in [1.82, 2.24) is 4.31 Å². The van der Waals surface area contributed by atoms with Crippen molar-refractivity contribution in [3.8, 4) is 0 Å². The summed E-state index contributed by atoms with van der Waals surface area (Å²) in [5.41, 5.74) is 0.526. The molecule has 0 aliphatic carbocycles. The highest BCUT2D eigenvalue weighted by molar-refractivity contribution is 7.89. The standard InChI is InChI=1S/C14H18N2O6S/c1-9-5-11(7-17)12(15-14(19)8-22-10(2)18)6-13(9)23(20,21)16(3)4/h5-7H,8H2,1-4H3,(H,15,19). The van der Waals surface area contributed by atoms with Crippen molar-refractivity contribution < 1.29 is 27.5 Å². The molecule has 0 atom stereocenters. The monoisotopic (exact) mass is 342 g/mol. The average Bonchev–Trinajstić information content (AvgIpc) is 2.46. The molecule has 1 aromatic rings.